The maximum absolute atomic E-state index is 10.3. The third-order valence-electron chi connectivity index (χ3n) is 4.58. The summed E-state index contributed by atoms with van der Waals surface area (Å²) in [6.45, 7) is 8.17. The van der Waals surface area contributed by atoms with Gasteiger partial charge in [-0.3, -0.25) is 9.91 Å². The number of nitrogens with zero attached hydrogens (tertiary/aromatic N) is 3. The Morgan fingerprint density at radius 3 is 2.50 bits per heavy atom. The Balaban J connectivity index is 1.56. The molecule has 3 rings (SSSR count). The molecule has 1 N–H and O–H groups in total. The second-order valence-electron chi connectivity index (χ2n) is 6.41. The van der Waals surface area contributed by atoms with Crippen molar-refractivity contribution in [3.63, 3.8) is 0 Å². The van der Waals surface area contributed by atoms with E-state index < -0.39 is 0 Å². The molecule has 1 fully saturated rings. The summed E-state index contributed by atoms with van der Waals surface area (Å²) in [5.74, 6) is 0.286. The fraction of sp³-hybridized carbons (Fsp3) is 0.286. The van der Waals surface area contributed by atoms with Crippen LogP contribution in [0.15, 0.2) is 60.2 Å². The van der Waals surface area contributed by atoms with Gasteiger partial charge in [0.15, 0.2) is 0 Å². The van der Waals surface area contributed by atoms with Gasteiger partial charge in [0.2, 0.25) is 0 Å². The minimum atomic E-state index is 0.286. The summed E-state index contributed by atoms with van der Waals surface area (Å²) < 4.78 is 0. The first-order valence-corrected chi connectivity index (χ1v) is 9.21. The molecule has 136 valence electrons. The maximum Gasteiger partial charge on any atom is 0.127 e. The van der Waals surface area contributed by atoms with E-state index in [1.54, 1.807) is 12.3 Å². The number of para-hydroxylation sites is 1. The first-order valence-electron chi connectivity index (χ1n) is 8.84. The predicted molar refractivity (Wildman–Crippen MR) is 108 cm³/mol. The van der Waals surface area contributed by atoms with Gasteiger partial charge in [0.05, 0.1) is 6.21 Å². The molecule has 0 amide bonds. The van der Waals surface area contributed by atoms with E-state index in [4.69, 9.17) is 11.6 Å². The van der Waals surface area contributed by atoms with Crippen molar-refractivity contribution in [2.75, 3.05) is 26.2 Å². The molecule has 0 atom stereocenters. The predicted octanol–water partition coefficient (Wildman–Crippen LogP) is 3.93. The van der Waals surface area contributed by atoms with Crippen molar-refractivity contribution in [2.24, 2.45) is 5.10 Å². The molecule has 0 bridgehead atoms. The standard InChI is InChI=1S/C21H24ClN3O/c1-2-6-17-8-5-9-18(21(17)26)15-23-25-13-11-24(12-14-25)16-19-7-3-4-10-20(19)22/h2-5,7-10,15,26H,1,6,11-14,16H2. The zero-order valence-corrected chi connectivity index (χ0v) is 15.6. The van der Waals surface area contributed by atoms with Crippen LogP contribution in [-0.4, -0.2) is 47.4 Å². The average molecular weight is 370 g/mol. The summed E-state index contributed by atoms with van der Waals surface area (Å²) in [7, 11) is 0. The monoisotopic (exact) mass is 369 g/mol. The van der Waals surface area contributed by atoms with Gasteiger partial charge < -0.3 is 5.11 Å². The highest BCUT2D eigenvalue weighted by Crippen LogP contribution is 2.22. The topological polar surface area (TPSA) is 39.1 Å². The van der Waals surface area contributed by atoms with E-state index in [0.717, 1.165) is 54.4 Å². The van der Waals surface area contributed by atoms with Gasteiger partial charge in [-0.15, -0.1) is 6.58 Å². The van der Waals surface area contributed by atoms with E-state index in [1.165, 1.54) is 0 Å². The van der Waals surface area contributed by atoms with Crippen molar-refractivity contribution in [1.82, 2.24) is 9.91 Å². The lowest BCUT2D eigenvalue weighted by Gasteiger charge is -2.33. The molecule has 5 heteroatoms. The van der Waals surface area contributed by atoms with Gasteiger partial charge >= 0.3 is 0 Å². The van der Waals surface area contributed by atoms with Gasteiger partial charge in [0.25, 0.3) is 0 Å². The molecule has 1 saturated heterocycles. The van der Waals surface area contributed by atoms with Crippen LogP contribution in [0, 0.1) is 0 Å². The molecule has 0 aromatic heterocycles. The van der Waals surface area contributed by atoms with Gasteiger partial charge in [-0.05, 0) is 29.7 Å². The fourth-order valence-corrected chi connectivity index (χ4v) is 3.25. The van der Waals surface area contributed by atoms with Crippen molar-refractivity contribution in [1.29, 1.82) is 0 Å². The Bertz CT molecular complexity index is 783. The SMILES string of the molecule is C=CCc1cccc(C=NN2CCN(Cc3ccccc3Cl)CC2)c1O. The van der Waals surface area contributed by atoms with Crippen LogP contribution >= 0.6 is 11.6 Å². The number of halogens is 1. The smallest absolute Gasteiger partial charge is 0.127 e. The van der Waals surface area contributed by atoms with Crippen molar-refractivity contribution in [3.05, 3.63) is 76.8 Å². The molecular formula is C21H24ClN3O. The maximum atomic E-state index is 10.3. The molecule has 4 nitrogen and oxygen atoms in total. The summed E-state index contributed by atoms with van der Waals surface area (Å²) >= 11 is 6.25. The number of rotatable bonds is 6. The quantitative estimate of drug-likeness (QED) is 0.619. The molecule has 2 aromatic carbocycles. The van der Waals surface area contributed by atoms with E-state index in [9.17, 15) is 5.11 Å². The summed E-state index contributed by atoms with van der Waals surface area (Å²) in [4.78, 5) is 2.38. The minimum absolute atomic E-state index is 0.286. The lowest BCUT2D eigenvalue weighted by atomic mass is 10.1. The first kappa shape index (κ1) is 18.5. The van der Waals surface area contributed by atoms with Crippen LogP contribution in [0.5, 0.6) is 5.75 Å². The number of phenols is 1. The molecule has 0 aliphatic carbocycles. The Hall–Kier alpha value is -2.30. The van der Waals surface area contributed by atoms with Crippen LogP contribution in [-0.2, 0) is 13.0 Å². The molecule has 0 radical (unpaired) electrons. The largest absolute Gasteiger partial charge is 0.507 e. The minimum Gasteiger partial charge on any atom is -0.507 e. The summed E-state index contributed by atoms with van der Waals surface area (Å²) in [6, 6.07) is 13.7. The van der Waals surface area contributed by atoms with E-state index >= 15 is 0 Å². The number of allylic oxidation sites excluding steroid dienone is 1. The van der Waals surface area contributed by atoms with Crippen LogP contribution < -0.4 is 0 Å². The molecule has 1 aliphatic heterocycles. The molecule has 0 saturated carbocycles. The Morgan fingerprint density at radius 1 is 1.04 bits per heavy atom. The highest BCUT2D eigenvalue weighted by Gasteiger charge is 2.16. The number of benzene rings is 2. The van der Waals surface area contributed by atoms with Crippen LogP contribution in [0.1, 0.15) is 16.7 Å². The molecule has 26 heavy (non-hydrogen) atoms. The normalized spacial score (nSPS) is 15.5. The third-order valence-corrected chi connectivity index (χ3v) is 4.94. The number of phenolic OH excluding ortho intramolecular Hbond substituents is 1. The third kappa shape index (κ3) is 4.65. The van der Waals surface area contributed by atoms with E-state index in [1.807, 2.05) is 41.4 Å². The zero-order valence-electron chi connectivity index (χ0n) is 14.8. The molecule has 0 spiro atoms. The number of hydrazone groups is 1. The van der Waals surface area contributed by atoms with Crippen molar-refractivity contribution >= 4 is 17.8 Å². The van der Waals surface area contributed by atoms with Crippen LogP contribution in [0.4, 0.5) is 0 Å². The van der Waals surface area contributed by atoms with Crippen LogP contribution in [0.2, 0.25) is 5.02 Å². The second-order valence-corrected chi connectivity index (χ2v) is 6.82. The van der Waals surface area contributed by atoms with Gasteiger partial charge in [-0.1, -0.05) is 48.0 Å². The lowest BCUT2D eigenvalue weighted by molar-refractivity contribution is 0.131. The number of aromatic hydroxyl groups is 1. The highest BCUT2D eigenvalue weighted by molar-refractivity contribution is 6.31. The Morgan fingerprint density at radius 2 is 1.77 bits per heavy atom. The number of hydrogen-bond acceptors (Lipinski definition) is 4. The molecule has 0 unspecified atom stereocenters. The van der Waals surface area contributed by atoms with E-state index in [0.29, 0.717) is 6.42 Å². The van der Waals surface area contributed by atoms with Gasteiger partial charge in [-0.25, -0.2) is 0 Å². The summed E-state index contributed by atoms with van der Waals surface area (Å²) in [5, 5.41) is 17.7. The zero-order chi connectivity index (χ0) is 18.4. The molecule has 1 heterocycles. The molecule has 1 aliphatic rings. The van der Waals surface area contributed by atoms with E-state index in [2.05, 4.69) is 22.6 Å². The molecular weight excluding hydrogens is 346 g/mol. The summed E-state index contributed by atoms with van der Waals surface area (Å²) in [5.41, 5.74) is 2.77. The first-order chi connectivity index (χ1) is 12.7. The Kier molecular flexibility index (Phi) is 6.31. The van der Waals surface area contributed by atoms with Gasteiger partial charge in [-0.2, -0.15) is 5.10 Å². The molecule has 2 aromatic rings. The number of piperazine rings is 1. The van der Waals surface area contributed by atoms with Gasteiger partial charge in [0, 0.05) is 43.3 Å². The van der Waals surface area contributed by atoms with Crippen LogP contribution in [0.25, 0.3) is 0 Å². The van der Waals surface area contributed by atoms with Crippen molar-refractivity contribution in [3.8, 4) is 5.75 Å². The average Bonchev–Trinajstić information content (AvgIpc) is 2.66. The Labute approximate surface area is 160 Å². The van der Waals surface area contributed by atoms with Crippen molar-refractivity contribution in [2.45, 2.75) is 13.0 Å². The van der Waals surface area contributed by atoms with Crippen LogP contribution in [0.3, 0.4) is 0 Å². The number of hydrogen-bond donors (Lipinski definition) is 1. The van der Waals surface area contributed by atoms with Gasteiger partial charge in [0.1, 0.15) is 5.75 Å². The lowest BCUT2D eigenvalue weighted by Crippen LogP contribution is -2.43. The fourth-order valence-electron chi connectivity index (χ4n) is 3.06. The van der Waals surface area contributed by atoms with Crippen molar-refractivity contribution < 1.29 is 5.11 Å². The van der Waals surface area contributed by atoms with E-state index in [-0.39, 0.29) is 5.75 Å². The second kappa shape index (κ2) is 8.88. The summed E-state index contributed by atoms with van der Waals surface area (Å²) in [6.07, 6.45) is 4.17. The highest BCUT2D eigenvalue weighted by atomic mass is 35.5.